The number of methoxy groups -OCH3 is 1. The van der Waals surface area contributed by atoms with Crippen LogP contribution in [0.3, 0.4) is 0 Å². The number of pyridine rings is 1. The van der Waals surface area contributed by atoms with Gasteiger partial charge in [-0.15, -0.1) is 0 Å². The maximum Gasteiger partial charge on any atom is 0.253 e. The molecule has 5 heteroatoms. The Morgan fingerprint density at radius 3 is 2.68 bits per heavy atom. The minimum Gasteiger partial charge on any atom is -0.497 e. The van der Waals surface area contributed by atoms with Gasteiger partial charge in [0.2, 0.25) is 0 Å². The Labute approximate surface area is 139 Å². The van der Waals surface area contributed by atoms with Crippen molar-refractivity contribution in [1.82, 2.24) is 10.3 Å². The summed E-state index contributed by atoms with van der Waals surface area (Å²) in [7, 11) is 1.66. The molecule has 0 aliphatic heterocycles. The van der Waals surface area contributed by atoms with E-state index in [4.69, 9.17) is 4.74 Å². The van der Waals surface area contributed by atoms with Crippen LogP contribution in [0.25, 0.3) is 0 Å². The number of benzene rings is 1. The van der Waals surface area contributed by atoms with Crippen LogP contribution < -0.4 is 10.1 Å². The van der Waals surface area contributed by atoms with Crippen molar-refractivity contribution in [2.45, 2.75) is 25.8 Å². The van der Waals surface area contributed by atoms with Gasteiger partial charge in [0.25, 0.3) is 5.91 Å². The summed E-state index contributed by atoms with van der Waals surface area (Å²) >= 11 is 3.32. The second-order valence-electron chi connectivity index (χ2n) is 5.15. The van der Waals surface area contributed by atoms with E-state index in [9.17, 15) is 4.79 Å². The van der Waals surface area contributed by atoms with Gasteiger partial charge >= 0.3 is 0 Å². The van der Waals surface area contributed by atoms with Crippen molar-refractivity contribution in [2.75, 3.05) is 7.11 Å². The van der Waals surface area contributed by atoms with Gasteiger partial charge in [0.15, 0.2) is 0 Å². The fourth-order valence-corrected chi connectivity index (χ4v) is 2.46. The highest BCUT2D eigenvalue weighted by molar-refractivity contribution is 9.10. The standard InChI is InChI=1S/C17H19BrN2O2/c1-12(3-4-13-5-7-16(22-2)8-6-13)20-17(21)14-9-15(18)11-19-10-14/h5-12H,3-4H2,1-2H3,(H,20,21). The third-order valence-electron chi connectivity index (χ3n) is 3.37. The molecule has 116 valence electrons. The molecule has 0 radical (unpaired) electrons. The van der Waals surface area contributed by atoms with Crippen LogP contribution >= 0.6 is 15.9 Å². The highest BCUT2D eigenvalue weighted by atomic mass is 79.9. The average molecular weight is 363 g/mol. The van der Waals surface area contributed by atoms with Gasteiger partial charge in [-0.2, -0.15) is 0 Å². The SMILES string of the molecule is COc1ccc(CCC(C)NC(=O)c2cncc(Br)c2)cc1. The number of amides is 1. The quantitative estimate of drug-likeness (QED) is 0.853. The first-order valence-corrected chi connectivity index (χ1v) is 7.92. The molecule has 0 saturated heterocycles. The molecule has 0 spiro atoms. The van der Waals surface area contributed by atoms with Crippen LogP contribution in [0.5, 0.6) is 5.75 Å². The summed E-state index contributed by atoms with van der Waals surface area (Å²) < 4.78 is 5.94. The molecule has 22 heavy (non-hydrogen) atoms. The number of carbonyl (C=O) groups is 1. The topological polar surface area (TPSA) is 51.2 Å². The lowest BCUT2D eigenvalue weighted by molar-refractivity contribution is 0.0938. The van der Waals surface area contributed by atoms with Crippen molar-refractivity contribution in [3.8, 4) is 5.75 Å². The van der Waals surface area contributed by atoms with Crippen LogP contribution in [0.2, 0.25) is 0 Å². The van der Waals surface area contributed by atoms with Crippen LogP contribution in [0.1, 0.15) is 29.3 Å². The summed E-state index contributed by atoms with van der Waals surface area (Å²) in [5.41, 5.74) is 1.79. The number of aromatic nitrogens is 1. The van der Waals surface area contributed by atoms with Crippen molar-refractivity contribution in [1.29, 1.82) is 0 Å². The third-order valence-corrected chi connectivity index (χ3v) is 3.80. The number of aryl methyl sites for hydroxylation is 1. The van der Waals surface area contributed by atoms with E-state index in [2.05, 4.69) is 26.2 Å². The summed E-state index contributed by atoms with van der Waals surface area (Å²) in [6.07, 6.45) is 5.00. The van der Waals surface area contributed by atoms with Gasteiger partial charge in [-0.05, 0) is 59.5 Å². The third kappa shape index (κ3) is 4.84. The molecule has 1 aromatic heterocycles. The second kappa shape index (κ2) is 7.94. The maximum atomic E-state index is 12.1. The molecule has 1 unspecified atom stereocenters. The van der Waals surface area contributed by atoms with Crippen molar-refractivity contribution >= 4 is 21.8 Å². The predicted molar refractivity (Wildman–Crippen MR) is 90.2 cm³/mol. The van der Waals surface area contributed by atoms with Gasteiger partial charge in [-0.3, -0.25) is 9.78 Å². The molecule has 1 atom stereocenters. The van der Waals surface area contributed by atoms with Gasteiger partial charge in [-0.1, -0.05) is 12.1 Å². The molecule has 1 heterocycles. The zero-order valence-electron chi connectivity index (χ0n) is 12.7. The lowest BCUT2D eigenvalue weighted by Crippen LogP contribution is -2.32. The van der Waals surface area contributed by atoms with E-state index < -0.39 is 0 Å². The van der Waals surface area contributed by atoms with E-state index >= 15 is 0 Å². The molecule has 1 aromatic carbocycles. The Bertz CT molecular complexity index is 629. The van der Waals surface area contributed by atoms with Crippen molar-refractivity contribution < 1.29 is 9.53 Å². The number of nitrogens with one attached hydrogen (secondary N) is 1. The largest absolute Gasteiger partial charge is 0.497 e. The van der Waals surface area contributed by atoms with E-state index in [1.54, 1.807) is 25.6 Å². The molecule has 1 N–H and O–H groups in total. The molecule has 0 fully saturated rings. The van der Waals surface area contributed by atoms with E-state index in [1.807, 2.05) is 31.2 Å². The molecule has 4 nitrogen and oxygen atoms in total. The van der Waals surface area contributed by atoms with Crippen molar-refractivity contribution in [3.63, 3.8) is 0 Å². The molecule has 1 amide bonds. The number of nitrogens with zero attached hydrogens (tertiary/aromatic N) is 1. The highest BCUT2D eigenvalue weighted by Crippen LogP contribution is 2.14. The molecule has 2 rings (SSSR count). The van der Waals surface area contributed by atoms with E-state index in [1.165, 1.54) is 5.56 Å². The van der Waals surface area contributed by atoms with Crippen LogP contribution in [-0.2, 0) is 6.42 Å². The summed E-state index contributed by atoms with van der Waals surface area (Å²) in [6, 6.07) is 9.85. The summed E-state index contributed by atoms with van der Waals surface area (Å²) in [6.45, 7) is 2.01. The molecule has 0 saturated carbocycles. The molecule has 0 aliphatic rings. The minimum atomic E-state index is -0.101. The van der Waals surface area contributed by atoms with E-state index in [0.29, 0.717) is 5.56 Å². The van der Waals surface area contributed by atoms with Gasteiger partial charge in [-0.25, -0.2) is 0 Å². The normalized spacial score (nSPS) is 11.8. The van der Waals surface area contributed by atoms with E-state index in [-0.39, 0.29) is 11.9 Å². The van der Waals surface area contributed by atoms with Crippen molar-refractivity contribution in [3.05, 3.63) is 58.3 Å². The molecular weight excluding hydrogens is 344 g/mol. The van der Waals surface area contributed by atoms with Crippen LogP contribution in [-0.4, -0.2) is 24.0 Å². The zero-order chi connectivity index (χ0) is 15.9. The fourth-order valence-electron chi connectivity index (χ4n) is 2.09. The van der Waals surface area contributed by atoms with Gasteiger partial charge < -0.3 is 10.1 Å². The van der Waals surface area contributed by atoms with E-state index in [0.717, 1.165) is 23.1 Å². The molecule has 2 aromatic rings. The number of halogens is 1. The number of rotatable bonds is 6. The second-order valence-corrected chi connectivity index (χ2v) is 6.07. The minimum absolute atomic E-state index is 0.0913. The van der Waals surface area contributed by atoms with Gasteiger partial charge in [0.1, 0.15) is 5.75 Å². The summed E-state index contributed by atoms with van der Waals surface area (Å²) in [5.74, 6) is 0.753. The van der Waals surface area contributed by atoms with Crippen LogP contribution in [0, 0.1) is 0 Å². The summed E-state index contributed by atoms with van der Waals surface area (Å²) in [4.78, 5) is 16.1. The monoisotopic (exact) mass is 362 g/mol. The zero-order valence-corrected chi connectivity index (χ0v) is 14.3. The Morgan fingerprint density at radius 2 is 2.05 bits per heavy atom. The van der Waals surface area contributed by atoms with Crippen molar-refractivity contribution in [2.24, 2.45) is 0 Å². The lowest BCUT2D eigenvalue weighted by atomic mass is 10.1. The van der Waals surface area contributed by atoms with Crippen LogP contribution in [0.4, 0.5) is 0 Å². The Kier molecular flexibility index (Phi) is 5.95. The molecular formula is C17H19BrN2O2. The number of carbonyl (C=O) groups excluding carboxylic acids is 1. The first kappa shape index (κ1) is 16.5. The summed E-state index contributed by atoms with van der Waals surface area (Å²) in [5, 5.41) is 2.99. The smallest absolute Gasteiger partial charge is 0.253 e. The Balaban J connectivity index is 1.84. The first-order chi connectivity index (χ1) is 10.6. The fraction of sp³-hybridized carbons (Fsp3) is 0.294. The number of hydrogen-bond donors (Lipinski definition) is 1. The number of hydrogen-bond acceptors (Lipinski definition) is 3. The lowest BCUT2D eigenvalue weighted by Gasteiger charge is -2.14. The maximum absolute atomic E-state index is 12.1. The van der Waals surface area contributed by atoms with Gasteiger partial charge in [0, 0.05) is 22.9 Å². The van der Waals surface area contributed by atoms with Crippen LogP contribution in [0.15, 0.2) is 47.2 Å². The molecule has 0 aliphatic carbocycles. The first-order valence-electron chi connectivity index (χ1n) is 7.13. The van der Waals surface area contributed by atoms with Gasteiger partial charge in [0.05, 0.1) is 12.7 Å². The Hall–Kier alpha value is -1.88. The average Bonchev–Trinajstić information content (AvgIpc) is 2.53. The highest BCUT2D eigenvalue weighted by Gasteiger charge is 2.10. The Morgan fingerprint density at radius 1 is 1.32 bits per heavy atom. The number of ether oxygens (including phenoxy) is 1. The predicted octanol–water partition coefficient (Wildman–Crippen LogP) is 3.60. The molecule has 0 bridgehead atoms.